The summed E-state index contributed by atoms with van der Waals surface area (Å²) in [4.78, 5) is 17.2. The topological polar surface area (TPSA) is 72.7 Å². The van der Waals surface area contributed by atoms with Gasteiger partial charge in [0.2, 0.25) is 5.91 Å². The first-order valence-electron chi connectivity index (χ1n) is 11.5. The van der Waals surface area contributed by atoms with Crippen molar-refractivity contribution < 1.29 is 4.79 Å². The molecule has 1 N–H and O–H groups in total. The number of carbonyl (C=O) groups excluding carboxylic acids is 1. The second-order valence-electron chi connectivity index (χ2n) is 8.26. The number of carbonyl (C=O) groups is 1. The Morgan fingerprint density at radius 2 is 1.68 bits per heavy atom. The summed E-state index contributed by atoms with van der Waals surface area (Å²) in [5.74, 6) is 1.07. The molecule has 0 saturated heterocycles. The van der Waals surface area contributed by atoms with Crippen LogP contribution in [0.4, 0.5) is 5.69 Å². The van der Waals surface area contributed by atoms with E-state index in [0.29, 0.717) is 17.6 Å². The predicted octanol–water partition coefficient (Wildman–Crippen LogP) is 6.02. The minimum absolute atomic E-state index is 0.0551. The van der Waals surface area contributed by atoms with Gasteiger partial charge < -0.3 is 5.32 Å². The molecule has 4 aromatic rings. The zero-order valence-electron chi connectivity index (χ0n) is 19.7. The van der Waals surface area contributed by atoms with E-state index in [4.69, 9.17) is 0 Å². The molecule has 0 bridgehead atoms. The number of nitrogens with one attached hydrogen (secondary N) is 1. The maximum Gasteiger partial charge on any atom is 0.237 e. The third kappa shape index (κ3) is 5.54. The van der Waals surface area contributed by atoms with Crippen LogP contribution in [-0.2, 0) is 11.3 Å². The van der Waals surface area contributed by atoms with Crippen LogP contribution in [0.25, 0.3) is 11.4 Å². The zero-order chi connectivity index (χ0) is 23.9. The van der Waals surface area contributed by atoms with Crippen LogP contribution in [0.2, 0.25) is 0 Å². The average Bonchev–Trinajstić information content (AvgIpc) is 3.26. The summed E-state index contributed by atoms with van der Waals surface area (Å²) < 4.78 is 2.06. The molecule has 6 nitrogen and oxygen atoms in total. The quantitative estimate of drug-likeness (QED) is 0.302. The maximum absolute atomic E-state index is 13.1. The molecule has 0 aliphatic rings. The lowest BCUT2D eigenvalue weighted by atomic mass is 9.97. The number of nitrogens with zero attached hydrogens (tertiary/aromatic N) is 4. The van der Waals surface area contributed by atoms with Crippen LogP contribution in [0.3, 0.4) is 0 Å². The third-order valence-electron chi connectivity index (χ3n) is 5.85. The first kappa shape index (κ1) is 23.7. The average molecular weight is 472 g/mol. The van der Waals surface area contributed by atoms with E-state index in [2.05, 4.69) is 57.1 Å². The molecule has 0 saturated carbocycles. The van der Waals surface area contributed by atoms with Gasteiger partial charge in [-0.2, -0.15) is 0 Å². The van der Waals surface area contributed by atoms with E-state index < -0.39 is 0 Å². The van der Waals surface area contributed by atoms with Crippen molar-refractivity contribution in [2.45, 2.75) is 50.1 Å². The molecule has 34 heavy (non-hydrogen) atoms. The van der Waals surface area contributed by atoms with Crippen LogP contribution >= 0.6 is 11.8 Å². The number of anilines is 1. The number of benzene rings is 2. The highest BCUT2D eigenvalue weighted by Crippen LogP contribution is 2.30. The number of aromatic nitrogens is 4. The fourth-order valence-corrected chi connectivity index (χ4v) is 4.55. The van der Waals surface area contributed by atoms with Crippen LogP contribution in [0.5, 0.6) is 0 Å². The Morgan fingerprint density at radius 1 is 0.971 bits per heavy atom. The summed E-state index contributed by atoms with van der Waals surface area (Å²) in [5, 5.41) is 12.4. The van der Waals surface area contributed by atoms with Crippen LogP contribution in [0.1, 0.15) is 44.2 Å². The Bertz CT molecular complexity index is 1230. The smallest absolute Gasteiger partial charge is 0.237 e. The maximum atomic E-state index is 13.1. The van der Waals surface area contributed by atoms with E-state index in [1.807, 2.05) is 55.5 Å². The Hall–Kier alpha value is -3.45. The van der Waals surface area contributed by atoms with Crippen LogP contribution in [0, 0.1) is 0 Å². The number of hydrogen-bond acceptors (Lipinski definition) is 5. The minimum atomic E-state index is -0.353. The van der Waals surface area contributed by atoms with Crippen molar-refractivity contribution in [3.63, 3.8) is 0 Å². The van der Waals surface area contributed by atoms with Gasteiger partial charge in [-0.05, 0) is 48.6 Å². The SMILES string of the molecule is CCC(C)c1ccccc1NC(=O)C(C)Sc1nnc(-c2ccncc2)n1Cc1ccccc1. The largest absolute Gasteiger partial charge is 0.325 e. The molecular formula is C27H29N5OS. The molecule has 1 amide bonds. The lowest BCUT2D eigenvalue weighted by Crippen LogP contribution is -2.24. The lowest BCUT2D eigenvalue weighted by Gasteiger charge is -2.18. The van der Waals surface area contributed by atoms with Crippen LogP contribution in [-0.4, -0.2) is 30.9 Å². The van der Waals surface area contributed by atoms with E-state index in [9.17, 15) is 4.79 Å². The van der Waals surface area contributed by atoms with Crippen molar-refractivity contribution in [1.29, 1.82) is 0 Å². The van der Waals surface area contributed by atoms with Crippen LogP contribution in [0.15, 0.2) is 84.3 Å². The van der Waals surface area contributed by atoms with E-state index in [1.165, 1.54) is 11.8 Å². The normalized spacial score (nSPS) is 12.8. The molecule has 2 aromatic carbocycles. The van der Waals surface area contributed by atoms with Gasteiger partial charge in [0.15, 0.2) is 11.0 Å². The highest BCUT2D eigenvalue weighted by molar-refractivity contribution is 8.00. The summed E-state index contributed by atoms with van der Waals surface area (Å²) in [6.07, 6.45) is 4.50. The molecule has 2 heterocycles. The van der Waals surface area contributed by atoms with Gasteiger partial charge in [-0.15, -0.1) is 10.2 Å². The lowest BCUT2D eigenvalue weighted by molar-refractivity contribution is -0.115. The summed E-state index contributed by atoms with van der Waals surface area (Å²) >= 11 is 1.41. The van der Waals surface area contributed by atoms with Crippen molar-refractivity contribution in [2.24, 2.45) is 0 Å². The monoisotopic (exact) mass is 471 g/mol. The first-order valence-corrected chi connectivity index (χ1v) is 12.4. The van der Waals surface area contributed by atoms with Gasteiger partial charge in [0.05, 0.1) is 11.8 Å². The van der Waals surface area contributed by atoms with Gasteiger partial charge in [-0.25, -0.2) is 0 Å². The third-order valence-corrected chi connectivity index (χ3v) is 6.93. The van der Waals surface area contributed by atoms with Gasteiger partial charge >= 0.3 is 0 Å². The zero-order valence-corrected chi connectivity index (χ0v) is 20.5. The fraction of sp³-hybridized carbons (Fsp3) is 0.259. The predicted molar refractivity (Wildman–Crippen MR) is 138 cm³/mol. The highest BCUT2D eigenvalue weighted by Gasteiger charge is 2.22. The summed E-state index contributed by atoms with van der Waals surface area (Å²) in [5.41, 5.74) is 4.10. The van der Waals surface area contributed by atoms with E-state index in [1.54, 1.807) is 12.4 Å². The summed E-state index contributed by atoms with van der Waals surface area (Å²) in [6, 6.07) is 22.0. The number of rotatable bonds is 9. The van der Waals surface area contributed by atoms with Gasteiger partial charge in [0.1, 0.15) is 0 Å². The van der Waals surface area contributed by atoms with Gasteiger partial charge in [-0.1, -0.05) is 74.1 Å². The molecule has 7 heteroatoms. The molecule has 2 atom stereocenters. The Labute approximate surface area is 204 Å². The fourth-order valence-electron chi connectivity index (χ4n) is 3.71. The first-order chi connectivity index (χ1) is 16.6. The molecule has 0 aliphatic heterocycles. The van der Waals surface area contributed by atoms with Gasteiger partial charge in [0.25, 0.3) is 0 Å². The van der Waals surface area contributed by atoms with Crippen molar-refractivity contribution in [3.05, 3.63) is 90.3 Å². The Balaban J connectivity index is 1.57. The highest BCUT2D eigenvalue weighted by atomic mass is 32.2. The summed E-state index contributed by atoms with van der Waals surface area (Å²) in [7, 11) is 0. The van der Waals surface area contributed by atoms with E-state index in [0.717, 1.165) is 34.6 Å². The standard InChI is InChI=1S/C27H29N5OS/c1-4-19(2)23-12-8-9-13-24(23)29-26(33)20(3)34-27-31-30-25(22-14-16-28-17-15-22)32(27)18-21-10-6-5-7-11-21/h5-17,19-20H,4,18H2,1-3H3,(H,29,33). The van der Waals surface area contributed by atoms with Crippen LogP contribution < -0.4 is 5.32 Å². The van der Waals surface area contributed by atoms with Crippen molar-refractivity contribution in [3.8, 4) is 11.4 Å². The molecule has 2 unspecified atom stereocenters. The van der Waals surface area contributed by atoms with Crippen molar-refractivity contribution in [2.75, 3.05) is 5.32 Å². The van der Waals surface area contributed by atoms with Gasteiger partial charge in [0, 0.05) is 23.6 Å². The molecule has 0 radical (unpaired) electrons. The number of hydrogen-bond donors (Lipinski definition) is 1. The second kappa shape index (κ2) is 11.1. The van der Waals surface area contributed by atoms with Crippen molar-refractivity contribution in [1.82, 2.24) is 19.7 Å². The second-order valence-corrected chi connectivity index (χ2v) is 9.57. The van der Waals surface area contributed by atoms with E-state index in [-0.39, 0.29) is 11.2 Å². The number of para-hydroxylation sites is 1. The molecular weight excluding hydrogens is 442 g/mol. The van der Waals surface area contributed by atoms with E-state index >= 15 is 0 Å². The minimum Gasteiger partial charge on any atom is -0.325 e. The van der Waals surface area contributed by atoms with Gasteiger partial charge in [-0.3, -0.25) is 14.3 Å². The molecule has 0 spiro atoms. The Kier molecular flexibility index (Phi) is 7.75. The number of amides is 1. The Morgan fingerprint density at radius 3 is 2.41 bits per heavy atom. The molecule has 0 fully saturated rings. The molecule has 4 rings (SSSR count). The summed E-state index contributed by atoms with van der Waals surface area (Å²) in [6.45, 7) is 6.84. The number of pyridine rings is 1. The molecule has 2 aromatic heterocycles. The van der Waals surface area contributed by atoms with Crippen molar-refractivity contribution >= 4 is 23.4 Å². The molecule has 0 aliphatic carbocycles. The molecule has 174 valence electrons. The number of thioether (sulfide) groups is 1.